The lowest BCUT2D eigenvalue weighted by atomic mass is 9.68. The minimum Gasteiger partial charge on any atom is -0.324 e. The Morgan fingerprint density at radius 3 is 2.36 bits per heavy atom. The lowest BCUT2D eigenvalue weighted by Crippen LogP contribution is -2.42. The van der Waals surface area contributed by atoms with Crippen LogP contribution in [0.2, 0.25) is 10.0 Å². The van der Waals surface area contributed by atoms with E-state index < -0.39 is 17.7 Å². The van der Waals surface area contributed by atoms with Crippen molar-refractivity contribution in [1.82, 2.24) is 9.88 Å². The van der Waals surface area contributed by atoms with Crippen LogP contribution < -0.4 is 10.2 Å². The van der Waals surface area contributed by atoms with Gasteiger partial charge in [-0.1, -0.05) is 79.6 Å². The minimum atomic E-state index is -0.467. The molecule has 7 nitrogen and oxygen atoms in total. The van der Waals surface area contributed by atoms with Gasteiger partial charge < -0.3 is 10.3 Å². The Morgan fingerprint density at radius 2 is 1.69 bits per heavy atom. The molecule has 2 aromatic carbocycles. The lowest BCUT2D eigenvalue weighted by Gasteiger charge is -2.43. The van der Waals surface area contributed by atoms with Crippen molar-refractivity contribution < 1.29 is 14.4 Å². The molecule has 6 unspecified atom stereocenters. The first-order valence-corrected chi connectivity index (χ1v) is 16.5. The van der Waals surface area contributed by atoms with Crippen molar-refractivity contribution in [3.8, 4) is 0 Å². The standard InChI is InChI=1S/C31H29Cl2N3O4S2/c1-31(2,3)14-6-4-13(5-7-14)21-22-16-11-17(25(22)41-27-26(21)42-30(40)35-27)24-23(16)28(38)36(29(24)39)12-20(37)34-15-8-9-18(32)19(33)10-15/h4-10,16-17,21-25H,11-12H2,1-3H3,(H,34,37)(H,35,40)/t16?,17?,21-,22?,23?,24?,25?/m1/s1. The molecule has 2 aliphatic heterocycles. The molecule has 3 heterocycles. The van der Waals surface area contributed by atoms with Crippen LogP contribution in [0.1, 0.15) is 49.1 Å². The van der Waals surface area contributed by atoms with Gasteiger partial charge in [0.2, 0.25) is 17.7 Å². The zero-order valence-electron chi connectivity index (χ0n) is 23.1. The molecule has 0 radical (unpaired) electrons. The van der Waals surface area contributed by atoms with E-state index in [1.54, 1.807) is 23.9 Å². The molecular weight excluding hydrogens is 613 g/mol. The summed E-state index contributed by atoms with van der Waals surface area (Å²) in [6.07, 6.45) is 0.800. The molecule has 3 fully saturated rings. The highest BCUT2D eigenvalue weighted by atomic mass is 35.5. The van der Waals surface area contributed by atoms with Crippen LogP contribution in [0.5, 0.6) is 0 Å². The molecule has 2 aliphatic carbocycles. The molecule has 4 aliphatic rings. The number of hydrogen-bond acceptors (Lipinski definition) is 6. The van der Waals surface area contributed by atoms with Gasteiger partial charge >= 0.3 is 4.87 Å². The summed E-state index contributed by atoms with van der Waals surface area (Å²) in [5, 5.41) is 4.37. The normalized spacial score (nSPS) is 29.5. The summed E-state index contributed by atoms with van der Waals surface area (Å²) in [6, 6.07) is 13.4. The zero-order valence-corrected chi connectivity index (χ0v) is 26.3. The van der Waals surface area contributed by atoms with E-state index in [0.717, 1.165) is 26.8 Å². The maximum atomic E-state index is 13.8. The second-order valence-electron chi connectivity index (χ2n) is 12.8. The van der Waals surface area contributed by atoms with Gasteiger partial charge in [0, 0.05) is 21.7 Å². The van der Waals surface area contributed by atoms with Crippen LogP contribution in [0.15, 0.2) is 52.3 Å². The van der Waals surface area contributed by atoms with Crippen molar-refractivity contribution in [3.05, 3.63) is 78.2 Å². The number of hydrogen-bond donors (Lipinski definition) is 2. The summed E-state index contributed by atoms with van der Waals surface area (Å²) in [4.78, 5) is 58.1. The number of nitrogens with one attached hydrogen (secondary N) is 2. The van der Waals surface area contributed by atoms with Gasteiger partial charge in [0.15, 0.2) is 0 Å². The highest BCUT2D eigenvalue weighted by molar-refractivity contribution is 8.00. The van der Waals surface area contributed by atoms with E-state index >= 15 is 0 Å². The second kappa shape index (κ2) is 9.97. The van der Waals surface area contributed by atoms with E-state index in [0.29, 0.717) is 15.7 Å². The van der Waals surface area contributed by atoms with Crippen LogP contribution in [0, 0.1) is 29.6 Å². The van der Waals surface area contributed by atoms with Crippen molar-refractivity contribution in [3.63, 3.8) is 0 Å². The molecule has 0 spiro atoms. The van der Waals surface area contributed by atoms with Gasteiger partial charge in [0.05, 0.1) is 26.9 Å². The Bertz CT molecular complexity index is 1700. The molecule has 2 N–H and O–H groups in total. The zero-order chi connectivity index (χ0) is 29.7. The highest BCUT2D eigenvalue weighted by Crippen LogP contribution is 2.68. The van der Waals surface area contributed by atoms with Crippen molar-refractivity contribution in [2.75, 3.05) is 11.9 Å². The van der Waals surface area contributed by atoms with E-state index in [-0.39, 0.29) is 57.6 Å². The SMILES string of the molecule is CC(C)(C)c1ccc([C@H]2c3sc(=O)[nH]c3SC3C4CC(C5C(=O)N(CC(=O)Nc6ccc(Cl)c(Cl)c6)C(=O)C45)C32)cc1. The quantitative estimate of drug-likeness (QED) is 0.333. The number of fused-ring (bicyclic) bond motifs is 9. The van der Waals surface area contributed by atoms with E-state index in [9.17, 15) is 19.2 Å². The van der Waals surface area contributed by atoms with Crippen LogP contribution in [-0.2, 0) is 19.8 Å². The number of carbonyl (C=O) groups is 3. The summed E-state index contributed by atoms with van der Waals surface area (Å²) in [7, 11) is 0. The van der Waals surface area contributed by atoms with E-state index in [1.165, 1.54) is 23.0 Å². The van der Waals surface area contributed by atoms with E-state index in [2.05, 4.69) is 55.3 Å². The molecule has 1 saturated heterocycles. The Hall–Kier alpha value is -2.59. The van der Waals surface area contributed by atoms with Crippen molar-refractivity contribution >= 4 is 69.7 Å². The Balaban J connectivity index is 1.18. The fourth-order valence-electron chi connectivity index (χ4n) is 7.72. The number of benzene rings is 2. The molecule has 11 heteroatoms. The van der Waals surface area contributed by atoms with Crippen LogP contribution in [-0.4, -0.2) is 39.4 Å². The molecule has 2 saturated carbocycles. The number of H-pyrrole nitrogens is 1. The summed E-state index contributed by atoms with van der Waals surface area (Å²) in [5.41, 5.74) is 2.82. The molecule has 218 valence electrons. The number of thiazole rings is 1. The molecular formula is C31H29Cl2N3O4S2. The molecule has 7 rings (SSSR count). The van der Waals surface area contributed by atoms with Gasteiger partial charge in [0.1, 0.15) is 6.54 Å². The largest absolute Gasteiger partial charge is 0.324 e. The van der Waals surface area contributed by atoms with Gasteiger partial charge in [-0.05, 0) is 58.9 Å². The van der Waals surface area contributed by atoms with Crippen molar-refractivity contribution in [2.45, 2.75) is 48.8 Å². The van der Waals surface area contributed by atoms with Crippen LogP contribution >= 0.6 is 46.3 Å². The first-order chi connectivity index (χ1) is 19.9. The number of anilines is 1. The van der Waals surface area contributed by atoms with Crippen LogP contribution in [0.25, 0.3) is 0 Å². The Kier molecular flexibility index (Phi) is 6.70. The summed E-state index contributed by atoms with van der Waals surface area (Å²) in [6.45, 7) is 6.20. The molecule has 3 aromatic rings. The predicted octanol–water partition coefficient (Wildman–Crippen LogP) is 6.15. The number of rotatable bonds is 4. The van der Waals surface area contributed by atoms with E-state index in [1.807, 2.05) is 0 Å². The summed E-state index contributed by atoms with van der Waals surface area (Å²) in [5.74, 6) is -1.81. The van der Waals surface area contributed by atoms with Gasteiger partial charge in [0.25, 0.3) is 0 Å². The number of aromatic amines is 1. The number of amides is 3. The fourth-order valence-corrected chi connectivity index (χ4v) is 10.9. The van der Waals surface area contributed by atoms with Gasteiger partial charge in [-0.2, -0.15) is 0 Å². The number of nitrogens with zero attached hydrogens (tertiary/aromatic N) is 1. The third kappa shape index (κ3) is 4.38. The average Bonchev–Trinajstić information content (AvgIpc) is 3.66. The van der Waals surface area contributed by atoms with Gasteiger partial charge in [-0.15, -0.1) is 11.8 Å². The Morgan fingerprint density at radius 1 is 1.00 bits per heavy atom. The van der Waals surface area contributed by atoms with E-state index in [4.69, 9.17) is 23.2 Å². The number of likely N-dealkylation sites (tertiary alicyclic amines) is 1. The Labute approximate surface area is 261 Å². The smallest absolute Gasteiger partial charge is 0.305 e. The summed E-state index contributed by atoms with van der Waals surface area (Å²) < 4.78 is 0. The third-order valence-corrected chi connectivity index (χ3v) is 12.8. The first-order valence-electron chi connectivity index (χ1n) is 14.0. The molecule has 42 heavy (non-hydrogen) atoms. The van der Waals surface area contributed by atoms with Gasteiger partial charge in [-0.25, -0.2) is 0 Å². The second-order valence-corrected chi connectivity index (χ2v) is 15.8. The summed E-state index contributed by atoms with van der Waals surface area (Å²) >= 11 is 15.0. The number of carbonyl (C=O) groups excluding carboxylic acids is 3. The topological polar surface area (TPSA) is 99.3 Å². The number of imide groups is 1. The van der Waals surface area contributed by atoms with Crippen molar-refractivity contribution in [1.29, 1.82) is 0 Å². The van der Waals surface area contributed by atoms with Crippen molar-refractivity contribution in [2.24, 2.45) is 29.6 Å². The molecule has 3 amide bonds. The molecule has 7 atom stereocenters. The number of aromatic nitrogens is 1. The monoisotopic (exact) mass is 641 g/mol. The maximum Gasteiger partial charge on any atom is 0.305 e. The average molecular weight is 643 g/mol. The highest BCUT2D eigenvalue weighted by Gasteiger charge is 2.69. The molecule has 1 aromatic heterocycles. The predicted molar refractivity (Wildman–Crippen MR) is 165 cm³/mol. The maximum absolute atomic E-state index is 13.8. The lowest BCUT2D eigenvalue weighted by molar-refractivity contribution is -0.143. The van der Waals surface area contributed by atoms with Crippen LogP contribution in [0.3, 0.4) is 0 Å². The minimum absolute atomic E-state index is 0.00230. The third-order valence-electron chi connectivity index (χ3n) is 9.46. The van der Waals surface area contributed by atoms with Gasteiger partial charge in [-0.3, -0.25) is 24.1 Å². The first kappa shape index (κ1) is 28.2. The number of halogens is 2. The fraction of sp³-hybridized carbons (Fsp3) is 0.419. The number of thioether (sulfide) groups is 1. The van der Waals surface area contributed by atoms with Crippen LogP contribution in [0.4, 0.5) is 5.69 Å². The molecule has 2 bridgehead atoms.